The highest BCUT2D eigenvalue weighted by Crippen LogP contribution is 2.30. The van der Waals surface area contributed by atoms with E-state index in [1.165, 1.54) is 11.3 Å². The van der Waals surface area contributed by atoms with Crippen molar-refractivity contribution in [3.63, 3.8) is 0 Å². The molecular formula is C20H27N3O3S. The molecule has 0 spiro atoms. The summed E-state index contributed by atoms with van der Waals surface area (Å²) in [5.41, 5.74) is 0.413. The van der Waals surface area contributed by atoms with Crippen molar-refractivity contribution < 1.29 is 14.3 Å². The molecule has 1 unspecified atom stereocenters. The van der Waals surface area contributed by atoms with Gasteiger partial charge in [-0.05, 0) is 38.0 Å². The fraction of sp³-hybridized carbons (Fsp3) is 0.550. The van der Waals surface area contributed by atoms with Crippen LogP contribution in [0.5, 0.6) is 5.75 Å². The molecular weight excluding hydrogens is 362 g/mol. The lowest BCUT2D eigenvalue weighted by molar-refractivity contribution is -0.142. The van der Waals surface area contributed by atoms with Gasteiger partial charge >= 0.3 is 0 Å². The number of carbonyl (C=O) groups is 2. The summed E-state index contributed by atoms with van der Waals surface area (Å²) in [4.78, 5) is 31.6. The Labute approximate surface area is 163 Å². The van der Waals surface area contributed by atoms with Crippen molar-refractivity contribution in [1.82, 2.24) is 9.88 Å². The first-order chi connectivity index (χ1) is 12.8. The normalized spacial score (nSPS) is 17.8. The summed E-state index contributed by atoms with van der Waals surface area (Å²) in [7, 11) is 0. The van der Waals surface area contributed by atoms with Gasteiger partial charge < -0.3 is 15.0 Å². The predicted molar refractivity (Wildman–Crippen MR) is 108 cm³/mol. The molecule has 1 aliphatic heterocycles. The first kappa shape index (κ1) is 19.6. The number of piperidine rings is 1. The van der Waals surface area contributed by atoms with Gasteiger partial charge in [-0.25, -0.2) is 4.98 Å². The number of amides is 2. The van der Waals surface area contributed by atoms with Gasteiger partial charge in [0.15, 0.2) is 5.13 Å². The van der Waals surface area contributed by atoms with Gasteiger partial charge in [0.25, 0.3) is 0 Å². The fourth-order valence-electron chi connectivity index (χ4n) is 3.27. The van der Waals surface area contributed by atoms with Gasteiger partial charge in [-0.3, -0.25) is 9.59 Å². The van der Waals surface area contributed by atoms with Gasteiger partial charge in [-0.2, -0.15) is 0 Å². The van der Waals surface area contributed by atoms with Crippen LogP contribution in [0.15, 0.2) is 18.2 Å². The highest BCUT2D eigenvalue weighted by atomic mass is 32.1. The number of hydrogen-bond acceptors (Lipinski definition) is 5. The number of carbonyl (C=O) groups excluding carboxylic acids is 2. The first-order valence-electron chi connectivity index (χ1n) is 9.41. The molecule has 1 aromatic heterocycles. The molecule has 1 fully saturated rings. The second-order valence-corrected chi connectivity index (χ2v) is 8.94. The second-order valence-electron chi connectivity index (χ2n) is 7.91. The lowest BCUT2D eigenvalue weighted by Gasteiger charge is -2.35. The number of anilines is 1. The minimum atomic E-state index is -0.427. The lowest BCUT2D eigenvalue weighted by atomic mass is 9.91. The van der Waals surface area contributed by atoms with Crippen LogP contribution >= 0.6 is 11.3 Å². The number of nitrogens with zero attached hydrogens (tertiary/aromatic N) is 2. The molecule has 3 rings (SSSR count). The molecule has 2 amide bonds. The van der Waals surface area contributed by atoms with Crippen molar-refractivity contribution in [2.24, 2.45) is 11.3 Å². The number of rotatable bonds is 4. The van der Waals surface area contributed by atoms with Gasteiger partial charge in [-0.1, -0.05) is 32.1 Å². The fourth-order valence-corrected chi connectivity index (χ4v) is 4.17. The van der Waals surface area contributed by atoms with Crippen molar-refractivity contribution in [3.05, 3.63) is 18.2 Å². The summed E-state index contributed by atoms with van der Waals surface area (Å²) < 4.78 is 6.49. The third-order valence-electron chi connectivity index (χ3n) is 4.62. The molecule has 0 radical (unpaired) electrons. The molecule has 146 valence electrons. The summed E-state index contributed by atoms with van der Waals surface area (Å²) in [5, 5.41) is 3.53. The van der Waals surface area contributed by atoms with E-state index in [0.29, 0.717) is 18.3 Å². The zero-order chi connectivity index (χ0) is 19.6. The summed E-state index contributed by atoms with van der Waals surface area (Å²) in [6.45, 7) is 9.49. The average Bonchev–Trinajstić information content (AvgIpc) is 3.02. The van der Waals surface area contributed by atoms with Crippen molar-refractivity contribution in [2.45, 2.75) is 40.5 Å². The highest BCUT2D eigenvalue weighted by Gasteiger charge is 2.33. The van der Waals surface area contributed by atoms with E-state index in [4.69, 9.17) is 4.74 Å². The smallest absolute Gasteiger partial charge is 0.231 e. The molecule has 1 N–H and O–H groups in total. The van der Waals surface area contributed by atoms with Crippen molar-refractivity contribution in [1.29, 1.82) is 0 Å². The molecule has 6 nitrogen and oxygen atoms in total. The molecule has 0 saturated carbocycles. The molecule has 27 heavy (non-hydrogen) atoms. The lowest BCUT2D eigenvalue weighted by Crippen LogP contribution is -2.47. The number of thiazole rings is 1. The Morgan fingerprint density at radius 3 is 2.85 bits per heavy atom. The van der Waals surface area contributed by atoms with Gasteiger partial charge in [0.1, 0.15) is 5.75 Å². The maximum Gasteiger partial charge on any atom is 0.231 e. The second kappa shape index (κ2) is 7.84. The first-order valence-corrected chi connectivity index (χ1v) is 10.2. The molecule has 0 aliphatic carbocycles. The van der Waals surface area contributed by atoms with E-state index in [1.54, 1.807) is 0 Å². The number of nitrogens with one attached hydrogen (secondary N) is 1. The Hall–Kier alpha value is -2.15. The molecule has 2 heterocycles. The minimum absolute atomic E-state index is 0.0644. The molecule has 2 aromatic rings. The van der Waals surface area contributed by atoms with E-state index in [-0.39, 0.29) is 17.7 Å². The molecule has 1 aromatic carbocycles. The summed E-state index contributed by atoms with van der Waals surface area (Å²) in [6, 6.07) is 5.72. The Morgan fingerprint density at radius 2 is 2.15 bits per heavy atom. The molecule has 1 aliphatic rings. The molecule has 1 saturated heterocycles. The van der Waals surface area contributed by atoms with Gasteiger partial charge in [0, 0.05) is 18.5 Å². The van der Waals surface area contributed by atoms with Crippen LogP contribution in [0, 0.1) is 11.3 Å². The highest BCUT2D eigenvalue weighted by molar-refractivity contribution is 7.22. The Kier molecular flexibility index (Phi) is 5.69. The van der Waals surface area contributed by atoms with E-state index >= 15 is 0 Å². The summed E-state index contributed by atoms with van der Waals surface area (Å²) in [5.74, 6) is 0.639. The van der Waals surface area contributed by atoms with Crippen molar-refractivity contribution in [2.75, 3.05) is 25.0 Å². The number of likely N-dealkylation sites (tertiary alicyclic amines) is 1. The predicted octanol–water partition coefficient (Wildman–Crippen LogP) is 3.92. The Balaban J connectivity index is 1.67. The van der Waals surface area contributed by atoms with E-state index in [9.17, 15) is 9.59 Å². The molecule has 1 atom stereocenters. The summed E-state index contributed by atoms with van der Waals surface area (Å²) in [6.07, 6.45) is 1.64. The standard InChI is InChI=1S/C20H27N3O3S/c1-5-26-14-8-9-15-16(11-14)27-19(21-15)22-17(24)13-7-6-10-23(12-13)18(25)20(2,3)4/h8-9,11,13H,5-7,10,12H2,1-4H3,(H,21,22,24). The molecule has 0 bridgehead atoms. The van der Waals surface area contributed by atoms with Crippen LogP contribution in [-0.2, 0) is 9.59 Å². The Bertz CT molecular complexity index is 841. The topological polar surface area (TPSA) is 71.5 Å². The van der Waals surface area contributed by atoms with Gasteiger partial charge in [-0.15, -0.1) is 0 Å². The average molecular weight is 390 g/mol. The van der Waals surface area contributed by atoms with Crippen LogP contribution in [0.25, 0.3) is 10.2 Å². The minimum Gasteiger partial charge on any atom is -0.494 e. The monoisotopic (exact) mass is 389 g/mol. The van der Waals surface area contributed by atoms with Crippen molar-refractivity contribution >= 4 is 38.5 Å². The third kappa shape index (κ3) is 4.58. The van der Waals surface area contributed by atoms with Gasteiger partial charge in [0.05, 0.1) is 22.7 Å². The van der Waals surface area contributed by atoms with E-state index in [1.807, 2.05) is 50.8 Å². The maximum absolute atomic E-state index is 12.7. The summed E-state index contributed by atoms with van der Waals surface area (Å²) >= 11 is 1.44. The maximum atomic E-state index is 12.7. The van der Waals surface area contributed by atoms with E-state index in [2.05, 4.69) is 10.3 Å². The SMILES string of the molecule is CCOc1ccc2nc(NC(=O)C3CCCN(C(=O)C(C)(C)C)C3)sc2c1. The number of hydrogen-bond donors (Lipinski definition) is 1. The zero-order valence-corrected chi connectivity index (χ0v) is 17.2. The van der Waals surface area contributed by atoms with Crippen LogP contribution in [0.3, 0.4) is 0 Å². The van der Waals surface area contributed by atoms with Crippen LogP contribution in [0.4, 0.5) is 5.13 Å². The number of benzene rings is 1. The zero-order valence-electron chi connectivity index (χ0n) is 16.4. The largest absolute Gasteiger partial charge is 0.494 e. The van der Waals surface area contributed by atoms with Crippen LogP contribution in [0.1, 0.15) is 40.5 Å². The van der Waals surface area contributed by atoms with E-state index in [0.717, 1.165) is 35.4 Å². The number of fused-ring (bicyclic) bond motifs is 1. The number of ether oxygens (including phenoxy) is 1. The molecule has 7 heteroatoms. The van der Waals surface area contributed by atoms with Crippen LogP contribution in [0.2, 0.25) is 0 Å². The van der Waals surface area contributed by atoms with Crippen molar-refractivity contribution in [3.8, 4) is 5.75 Å². The quantitative estimate of drug-likeness (QED) is 0.860. The van der Waals surface area contributed by atoms with Gasteiger partial charge in [0.2, 0.25) is 11.8 Å². The third-order valence-corrected chi connectivity index (χ3v) is 5.56. The van der Waals surface area contributed by atoms with E-state index < -0.39 is 5.41 Å². The van der Waals surface area contributed by atoms with Crippen LogP contribution in [-0.4, -0.2) is 41.4 Å². The van der Waals surface area contributed by atoms with Crippen LogP contribution < -0.4 is 10.1 Å². The number of aromatic nitrogens is 1. The Morgan fingerprint density at radius 1 is 1.37 bits per heavy atom.